The number of hydrogen-bond acceptors (Lipinski definition) is 1. The molecular formula is C18H22N2O. The van der Waals surface area contributed by atoms with Gasteiger partial charge in [0.25, 0.3) is 0 Å². The Balaban J connectivity index is 2.02. The molecule has 0 saturated heterocycles. The van der Waals surface area contributed by atoms with Crippen molar-refractivity contribution in [3.8, 4) is 0 Å². The summed E-state index contributed by atoms with van der Waals surface area (Å²) in [7, 11) is 0. The van der Waals surface area contributed by atoms with Gasteiger partial charge in [-0.25, -0.2) is 4.79 Å². The standard InChI is InChI=1S/C18H22N2O/c1-13(2)16-11-7-8-12-17(16)20-18(21)19-14(3)15-9-5-4-6-10-15/h4-14H,1-3H3,(H2,19,20,21)/t14-/m1/s1. The highest BCUT2D eigenvalue weighted by atomic mass is 16.2. The monoisotopic (exact) mass is 282 g/mol. The number of carbonyl (C=O) groups excluding carboxylic acids is 1. The fourth-order valence-electron chi connectivity index (χ4n) is 2.29. The predicted molar refractivity (Wildman–Crippen MR) is 87.5 cm³/mol. The summed E-state index contributed by atoms with van der Waals surface area (Å²) in [6.45, 7) is 6.21. The van der Waals surface area contributed by atoms with Gasteiger partial charge in [0.05, 0.1) is 6.04 Å². The number of para-hydroxylation sites is 1. The Labute approximate surface area is 126 Å². The first kappa shape index (κ1) is 15.1. The average Bonchev–Trinajstić information content (AvgIpc) is 2.48. The third-order valence-corrected chi connectivity index (χ3v) is 3.48. The van der Waals surface area contributed by atoms with Gasteiger partial charge in [0, 0.05) is 5.69 Å². The van der Waals surface area contributed by atoms with Crippen LogP contribution in [0.1, 0.15) is 43.9 Å². The number of amides is 2. The quantitative estimate of drug-likeness (QED) is 0.839. The van der Waals surface area contributed by atoms with E-state index in [-0.39, 0.29) is 12.1 Å². The minimum atomic E-state index is -0.181. The fraction of sp³-hybridized carbons (Fsp3) is 0.278. The fourth-order valence-corrected chi connectivity index (χ4v) is 2.29. The third-order valence-electron chi connectivity index (χ3n) is 3.48. The zero-order valence-electron chi connectivity index (χ0n) is 12.8. The molecule has 2 rings (SSSR count). The lowest BCUT2D eigenvalue weighted by molar-refractivity contribution is 0.249. The smallest absolute Gasteiger partial charge is 0.319 e. The van der Waals surface area contributed by atoms with E-state index in [1.54, 1.807) is 0 Å². The van der Waals surface area contributed by atoms with Crippen molar-refractivity contribution >= 4 is 11.7 Å². The SMILES string of the molecule is CC(C)c1ccccc1NC(=O)N[C@H](C)c1ccccc1. The molecule has 0 saturated carbocycles. The van der Waals surface area contributed by atoms with Gasteiger partial charge in [-0.2, -0.15) is 0 Å². The van der Waals surface area contributed by atoms with Gasteiger partial charge in [-0.15, -0.1) is 0 Å². The van der Waals surface area contributed by atoms with Gasteiger partial charge in [-0.1, -0.05) is 62.4 Å². The minimum Gasteiger partial charge on any atom is -0.331 e. The van der Waals surface area contributed by atoms with E-state index >= 15 is 0 Å². The summed E-state index contributed by atoms with van der Waals surface area (Å²) < 4.78 is 0. The van der Waals surface area contributed by atoms with Crippen LogP contribution in [0.5, 0.6) is 0 Å². The van der Waals surface area contributed by atoms with E-state index in [9.17, 15) is 4.79 Å². The predicted octanol–water partition coefficient (Wildman–Crippen LogP) is 4.69. The van der Waals surface area contributed by atoms with Crippen molar-refractivity contribution in [3.63, 3.8) is 0 Å². The van der Waals surface area contributed by atoms with E-state index in [4.69, 9.17) is 0 Å². The van der Waals surface area contributed by atoms with E-state index in [1.807, 2.05) is 61.5 Å². The van der Waals surface area contributed by atoms with Crippen LogP contribution in [0, 0.1) is 0 Å². The van der Waals surface area contributed by atoms with Crippen molar-refractivity contribution in [2.45, 2.75) is 32.7 Å². The highest BCUT2D eigenvalue weighted by Crippen LogP contribution is 2.23. The lowest BCUT2D eigenvalue weighted by atomic mass is 10.0. The van der Waals surface area contributed by atoms with Gasteiger partial charge in [0.15, 0.2) is 0 Å². The Kier molecular flexibility index (Phi) is 4.99. The maximum Gasteiger partial charge on any atom is 0.319 e. The lowest BCUT2D eigenvalue weighted by Gasteiger charge is -2.17. The van der Waals surface area contributed by atoms with E-state index in [0.717, 1.165) is 16.8 Å². The summed E-state index contributed by atoms with van der Waals surface area (Å²) in [5.74, 6) is 0.369. The molecule has 1 atom stereocenters. The average molecular weight is 282 g/mol. The van der Waals surface area contributed by atoms with Crippen LogP contribution in [0.2, 0.25) is 0 Å². The number of urea groups is 1. The second kappa shape index (κ2) is 6.93. The molecule has 2 N–H and O–H groups in total. The molecule has 0 aromatic heterocycles. The van der Waals surface area contributed by atoms with Gasteiger partial charge in [0.1, 0.15) is 0 Å². The molecule has 21 heavy (non-hydrogen) atoms. The maximum atomic E-state index is 12.1. The Hall–Kier alpha value is -2.29. The first-order valence-corrected chi connectivity index (χ1v) is 7.29. The molecule has 2 aromatic rings. The van der Waals surface area contributed by atoms with Gasteiger partial charge in [-0.3, -0.25) is 0 Å². The summed E-state index contributed by atoms with van der Waals surface area (Å²) in [6, 6.07) is 17.6. The molecule has 0 aliphatic carbocycles. The molecule has 0 aliphatic rings. The Morgan fingerprint density at radius 1 is 0.905 bits per heavy atom. The van der Waals surface area contributed by atoms with Crippen molar-refractivity contribution in [2.24, 2.45) is 0 Å². The van der Waals surface area contributed by atoms with Gasteiger partial charge >= 0.3 is 6.03 Å². The Morgan fingerprint density at radius 2 is 1.52 bits per heavy atom. The van der Waals surface area contributed by atoms with Crippen LogP contribution >= 0.6 is 0 Å². The largest absolute Gasteiger partial charge is 0.331 e. The molecule has 0 heterocycles. The molecule has 110 valence electrons. The van der Waals surface area contributed by atoms with Crippen molar-refractivity contribution in [1.29, 1.82) is 0 Å². The summed E-state index contributed by atoms with van der Waals surface area (Å²) >= 11 is 0. The molecule has 2 aromatic carbocycles. The van der Waals surface area contributed by atoms with Crippen molar-refractivity contribution in [2.75, 3.05) is 5.32 Å². The van der Waals surface area contributed by atoms with E-state index in [1.165, 1.54) is 0 Å². The lowest BCUT2D eigenvalue weighted by Crippen LogP contribution is -2.31. The van der Waals surface area contributed by atoms with Crippen molar-refractivity contribution in [1.82, 2.24) is 5.32 Å². The molecule has 0 radical (unpaired) electrons. The number of benzene rings is 2. The van der Waals surface area contributed by atoms with Crippen LogP contribution in [0.25, 0.3) is 0 Å². The second-order valence-electron chi connectivity index (χ2n) is 5.47. The summed E-state index contributed by atoms with van der Waals surface area (Å²) in [5.41, 5.74) is 3.09. The summed E-state index contributed by atoms with van der Waals surface area (Å²) in [6.07, 6.45) is 0. The molecule has 0 bridgehead atoms. The Bertz CT molecular complexity index is 593. The van der Waals surface area contributed by atoms with Gasteiger partial charge < -0.3 is 10.6 Å². The topological polar surface area (TPSA) is 41.1 Å². The van der Waals surface area contributed by atoms with Gasteiger partial charge in [0.2, 0.25) is 0 Å². The molecule has 3 nitrogen and oxygen atoms in total. The number of rotatable bonds is 4. The number of hydrogen-bond donors (Lipinski definition) is 2. The molecule has 0 unspecified atom stereocenters. The van der Waals surface area contributed by atoms with Crippen LogP contribution in [-0.2, 0) is 0 Å². The van der Waals surface area contributed by atoms with Crippen molar-refractivity contribution in [3.05, 3.63) is 65.7 Å². The van der Waals surface area contributed by atoms with E-state index < -0.39 is 0 Å². The maximum absolute atomic E-state index is 12.1. The summed E-state index contributed by atoms with van der Waals surface area (Å²) in [5, 5.41) is 5.90. The van der Waals surface area contributed by atoms with Gasteiger partial charge in [-0.05, 0) is 30.0 Å². The summed E-state index contributed by atoms with van der Waals surface area (Å²) in [4.78, 5) is 12.1. The molecule has 3 heteroatoms. The number of nitrogens with one attached hydrogen (secondary N) is 2. The first-order chi connectivity index (χ1) is 10.1. The van der Waals surface area contributed by atoms with E-state index in [2.05, 4.69) is 24.5 Å². The van der Waals surface area contributed by atoms with Crippen LogP contribution in [0.15, 0.2) is 54.6 Å². The zero-order valence-corrected chi connectivity index (χ0v) is 12.8. The highest BCUT2D eigenvalue weighted by molar-refractivity contribution is 5.90. The minimum absolute atomic E-state index is 0.0302. The molecule has 0 fully saturated rings. The molecule has 0 spiro atoms. The number of carbonyl (C=O) groups is 1. The first-order valence-electron chi connectivity index (χ1n) is 7.29. The highest BCUT2D eigenvalue weighted by Gasteiger charge is 2.11. The molecule has 2 amide bonds. The Morgan fingerprint density at radius 3 is 2.19 bits per heavy atom. The second-order valence-corrected chi connectivity index (χ2v) is 5.47. The van der Waals surface area contributed by atoms with Crippen LogP contribution in [0.3, 0.4) is 0 Å². The molecule has 0 aliphatic heterocycles. The third kappa shape index (κ3) is 4.09. The normalized spacial score (nSPS) is 12.0. The van der Waals surface area contributed by atoms with E-state index in [0.29, 0.717) is 5.92 Å². The zero-order chi connectivity index (χ0) is 15.2. The van der Waals surface area contributed by atoms with Crippen LogP contribution in [0.4, 0.5) is 10.5 Å². The number of anilines is 1. The van der Waals surface area contributed by atoms with Crippen molar-refractivity contribution < 1.29 is 4.79 Å². The van der Waals surface area contributed by atoms with Crippen LogP contribution < -0.4 is 10.6 Å². The molecular weight excluding hydrogens is 260 g/mol. The van der Waals surface area contributed by atoms with Crippen LogP contribution in [-0.4, -0.2) is 6.03 Å².